The summed E-state index contributed by atoms with van der Waals surface area (Å²) in [7, 11) is 0. The average molecular weight is 432 g/mol. The molecule has 122 valence electrons. The third-order valence-electron chi connectivity index (χ3n) is 4.19. The van der Waals surface area contributed by atoms with Crippen LogP contribution in [0.15, 0.2) is 30.8 Å². The van der Waals surface area contributed by atoms with Crippen molar-refractivity contribution in [3.05, 3.63) is 36.5 Å². The van der Waals surface area contributed by atoms with Crippen LogP contribution < -0.4 is 5.62 Å². The first-order chi connectivity index (χ1) is 9.81. The van der Waals surface area contributed by atoms with E-state index in [4.69, 9.17) is 5.41 Å². The number of hydrogen-bond donors (Lipinski definition) is 1. The number of piperidine rings is 1. The van der Waals surface area contributed by atoms with Crippen LogP contribution in [-0.4, -0.2) is 33.7 Å². The van der Waals surface area contributed by atoms with Crippen LogP contribution in [0.25, 0.3) is 17.2 Å². The number of nitrogens with zero attached hydrogens (tertiary/aromatic N) is 3. The molecule has 0 saturated carbocycles. The summed E-state index contributed by atoms with van der Waals surface area (Å²) in [4.78, 5) is 2.51. The third kappa shape index (κ3) is 3.73. The van der Waals surface area contributed by atoms with E-state index in [1.165, 1.54) is 32.4 Å². The first kappa shape index (κ1) is 19.2. The number of aromatic nitrogens is 2. The van der Waals surface area contributed by atoms with Gasteiger partial charge in [-0.05, 0) is 38.1 Å². The maximum atomic E-state index is 8.33. The van der Waals surface area contributed by atoms with Crippen LogP contribution >= 0.6 is 34.0 Å². The van der Waals surface area contributed by atoms with Gasteiger partial charge in [-0.3, -0.25) is 9.98 Å². The Bertz CT molecular complexity index is 668. The summed E-state index contributed by atoms with van der Waals surface area (Å²) < 4.78 is 3.94. The number of imidazole rings is 1. The molecule has 2 aromatic rings. The Morgan fingerprint density at radius 1 is 1.00 bits per heavy atom. The molecular formula is C16H24Br2N4. The number of hydrogen-bond acceptors (Lipinski definition) is 2. The van der Waals surface area contributed by atoms with Crippen LogP contribution in [0.3, 0.4) is 0 Å². The van der Waals surface area contributed by atoms with Crippen LogP contribution in [0, 0.1) is 5.41 Å². The zero-order chi connectivity index (χ0) is 13.9. The van der Waals surface area contributed by atoms with Gasteiger partial charge in [0.2, 0.25) is 5.62 Å². The SMILES string of the molecule is Br.Br.C=Cn1c(=N)n(CCN2CCCCC2)c2ccccc21. The molecule has 2 heterocycles. The number of benzene rings is 1. The number of rotatable bonds is 4. The first-order valence-corrected chi connectivity index (χ1v) is 7.40. The van der Waals surface area contributed by atoms with Crippen molar-refractivity contribution in [1.82, 2.24) is 14.0 Å². The van der Waals surface area contributed by atoms with Crippen molar-refractivity contribution in [1.29, 1.82) is 5.41 Å². The van der Waals surface area contributed by atoms with Crippen molar-refractivity contribution in [2.45, 2.75) is 25.8 Å². The van der Waals surface area contributed by atoms with E-state index >= 15 is 0 Å². The fraction of sp³-hybridized carbons (Fsp3) is 0.438. The summed E-state index contributed by atoms with van der Waals surface area (Å²) in [6, 6.07) is 8.18. The van der Waals surface area contributed by atoms with Gasteiger partial charge in [-0.1, -0.05) is 25.1 Å². The molecule has 0 unspecified atom stereocenters. The molecule has 0 atom stereocenters. The van der Waals surface area contributed by atoms with E-state index in [0.29, 0.717) is 5.62 Å². The summed E-state index contributed by atoms with van der Waals surface area (Å²) in [5.74, 6) is 0. The number of fused-ring (bicyclic) bond motifs is 1. The number of nitrogens with one attached hydrogen (secondary N) is 1. The van der Waals surface area contributed by atoms with E-state index in [0.717, 1.165) is 24.1 Å². The van der Waals surface area contributed by atoms with Crippen molar-refractivity contribution in [2.24, 2.45) is 0 Å². The van der Waals surface area contributed by atoms with E-state index in [2.05, 4.69) is 22.1 Å². The minimum atomic E-state index is 0. The fourth-order valence-electron chi connectivity index (χ4n) is 3.09. The molecule has 0 aliphatic carbocycles. The topological polar surface area (TPSA) is 37.0 Å². The van der Waals surface area contributed by atoms with Gasteiger partial charge in [-0.2, -0.15) is 0 Å². The lowest BCUT2D eigenvalue weighted by Gasteiger charge is -2.26. The van der Waals surface area contributed by atoms with Gasteiger partial charge in [0.1, 0.15) is 0 Å². The molecule has 1 aliphatic heterocycles. The van der Waals surface area contributed by atoms with E-state index in [1.54, 1.807) is 6.20 Å². The van der Waals surface area contributed by atoms with Gasteiger partial charge in [0.15, 0.2) is 0 Å². The van der Waals surface area contributed by atoms with E-state index < -0.39 is 0 Å². The normalized spacial score (nSPS) is 15.1. The molecule has 1 aliphatic rings. The van der Waals surface area contributed by atoms with Crippen LogP contribution in [-0.2, 0) is 6.54 Å². The molecule has 6 heteroatoms. The van der Waals surface area contributed by atoms with E-state index in [-0.39, 0.29) is 34.0 Å². The molecule has 0 bridgehead atoms. The van der Waals surface area contributed by atoms with Crippen LogP contribution in [0.1, 0.15) is 19.3 Å². The monoisotopic (exact) mass is 430 g/mol. The Kier molecular flexibility index (Phi) is 7.59. The first-order valence-electron chi connectivity index (χ1n) is 7.40. The summed E-state index contributed by atoms with van der Waals surface area (Å²) in [6.45, 7) is 8.13. The summed E-state index contributed by atoms with van der Waals surface area (Å²) in [5, 5.41) is 8.33. The highest BCUT2D eigenvalue weighted by Crippen LogP contribution is 2.14. The highest BCUT2D eigenvalue weighted by Gasteiger charge is 2.12. The Balaban J connectivity index is 0.00000121. The lowest BCUT2D eigenvalue weighted by molar-refractivity contribution is 0.220. The molecule has 1 fully saturated rings. The Morgan fingerprint density at radius 2 is 1.64 bits per heavy atom. The standard InChI is InChI=1S/C16H22N4.2BrH/c1-2-19-14-8-4-5-9-15(14)20(16(19)17)13-12-18-10-6-3-7-11-18;;/h2,4-5,8-9,17H,1,3,6-7,10-13H2;2*1H. The zero-order valence-corrected chi connectivity index (χ0v) is 16.1. The number of halogens is 2. The summed E-state index contributed by atoms with van der Waals surface area (Å²) >= 11 is 0. The average Bonchev–Trinajstić information content (AvgIpc) is 2.77. The molecule has 0 spiro atoms. The van der Waals surface area contributed by atoms with Gasteiger partial charge in [0, 0.05) is 19.3 Å². The van der Waals surface area contributed by atoms with Gasteiger partial charge in [-0.15, -0.1) is 34.0 Å². The smallest absolute Gasteiger partial charge is 0.207 e. The largest absolute Gasteiger partial charge is 0.309 e. The number of likely N-dealkylation sites (tertiary alicyclic amines) is 1. The summed E-state index contributed by atoms with van der Waals surface area (Å²) in [5.41, 5.74) is 2.69. The molecule has 3 rings (SSSR count). The van der Waals surface area contributed by atoms with Gasteiger partial charge >= 0.3 is 0 Å². The zero-order valence-electron chi connectivity index (χ0n) is 12.7. The highest BCUT2D eigenvalue weighted by atomic mass is 79.9. The molecule has 1 aromatic heterocycles. The molecule has 1 N–H and O–H groups in total. The molecule has 22 heavy (non-hydrogen) atoms. The second-order valence-corrected chi connectivity index (χ2v) is 5.42. The lowest BCUT2D eigenvalue weighted by Crippen LogP contribution is -2.34. The van der Waals surface area contributed by atoms with E-state index in [1.807, 2.05) is 22.8 Å². The van der Waals surface area contributed by atoms with Crippen molar-refractivity contribution in [2.75, 3.05) is 19.6 Å². The highest BCUT2D eigenvalue weighted by molar-refractivity contribution is 8.93. The van der Waals surface area contributed by atoms with Gasteiger partial charge in [0.25, 0.3) is 0 Å². The fourth-order valence-corrected chi connectivity index (χ4v) is 3.09. The predicted molar refractivity (Wildman–Crippen MR) is 103 cm³/mol. The minimum Gasteiger partial charge on any atom is -0.309 e. The van der Waals surface area contributed by atoms with Gasteiger partial charge in [0.05, 0.1) is 11.0 Å². The number of para-hydroxylation sites is 2. The van der Waals surface area contributed by atoms with Crippen LogP contribution in [0.5, 0.6) is 0 Å². The maximum Gasteiger partial charge on any atom is 0.207 e. The second-order valence-electron chi connectivity index (χ2n) is 5.42. The molecule has 1 saturated heterocycles. The van der Waals surface area contributed by atoms with Crippen molar-refractivity contribution in [3.63, 3.8) is 0 Å². The quantitative estimate of drug-likeness (QED) is 0.787. The Labute approximate surface area is 152 Å². The van der Waals surface area contributed by atoms with Gasteiger partial charge < -0.3 is 9.47 Å². The van der Waals surface area contributed by atoms with Crippen molar-refractivity contribution < 1.29 is 0 Å². The summed E-state index contributed by atoms with van der Waals surface area (Å²) in [6.07, 6.45) is 5.71. The minimum absolute atomic E-state index is 0. The molecule has 0 amide bonds. The predicted octanol–water partition coefficient (Wildman–Crippen LogP) is 3.66. The Hall–Kier alpha value is -0.850. The molecule has 1 aromatic carbocycles. The van der Waals surface area contributed by atoms with Gasteiger partial charge in [-0.25, -0.2) is 0 Å². The Morgan fingerprint density at radius 3 is 2.27 bits per heavy atom. The third-order valence-corrected chi connectivity index (χ3v) is 4.19. The second kappa shape index (κ2) is 8.70. The van der Waals surface area contributed by atoms with Crippen molar-refractivity contribution in [3.8, 4) is 0 Å². The van der Waals surface area contributed by atoms with Crippen molar-refractivity contribution >= 4 is 51.2 Å². The van der Waals surface area contributed by atoms with E-state index in [9.17, 15) is 0 Å². The molecule has 0 radical (unpaired) electrons. The van der Waals surface area contributed by atoms with Crippen LogP contribution in [0.4, 0.5) is 0 Å². The molecule has 4 nitrogen and oxygen atoms in total. The van der Waals surface area contributed by atoms with Crippen LogP contribution in [0.2, 0.25) is 0 Å². The maximum absolute atomic E-state index is 8.33. The lowest BCUT2D eigenvalue weighted by atomic mass is 10.1. The molecular weight excluding hydrogens is 408 g/mol.